The minimum Gasteiger partial charge on any atom is -0.504 e. The number of carbonyl (C=O) groups is 5. The number of aliphatic hydroxyl groups is 2. The number of aliphatic hydroxyl groups excluding tert-OH is 2. The van der Waals surface area contributed by atoms with E-state index in [2.05, 4.69) is 20.8 Å². The fourth-order valence-electron chi connectivity index (χ4n) is 6.69. The first-order chi connectivity index (χ1) is 24.0. The number of carbonyl (C=O) groups excluding carboxylic acids is 3. The summed E-state index contributed by atoms with van der Waals surface area (Å²) in [5.74, 6) is -8.38. The lowest BCUT2D eigenvalue weighted by molar-refractivity contribution is -0.256. The van der Waals surface area contributed by atoms with Gasteiger partial charge < -0.3 is 46.4 Å². The molecule has 0 saturated carbocycles. The van der Waals surface area contributed by atoms with Crippen LogP contribution in [0, 0.1) is 0 Å². The van der Waals surface area contributed by atoms with Crippen LogP contribution in [0.25, 0.3) is 0 Å². The third kappa shape index (κ3) is 5.46. The molecule has 2 amide bonds. The summed E-state index contributed by atoms with van der Waals surface area (Å²) in [4.78, 5) is 80.2. The molecule has 4 unspecified atom stereocenters. The van der Waals surface area contributed by atoms with Crippen LogP contribution in [0.3, 0.4) is 0 Å². The lowest BCUT2D eigenvalue weighted by Crippen LogP contribution is -2.57. The Bertz CT molecular complexity index is 1980. The van der Waals surface area contributed by atoms with Gasteiger partial charge in [0.2, 0.25) is 5.60 Å². The van der Waals surface area contributed by atoms with Crippen molar-refractivity contribution in [3.8, 4) is 0 Å². The van der Waals surface area contributed by atoms with Crippen LogP contribution in [0.4, 0.5) is 5.13 Å². The molecule has 8 N–H and O–H groups in total. The molecule has 0 aromatic carbocycles. The van der Waals surface area contributed by atoms with E-state index >= 15 is 0 Å². The number of rotatable bonds is 9. The number of aliphatic carboxylic acids is 2. The van der Waals surface area contributed by atoms with Gasteiger partial charge >= 0.3 is 33.8 Å². The molecule has 272 valence electrons. The van der Waals surface area contributed by atoms with Gasteiger partial charge in [0.25, 0.3) is 11.8 Å². The molecule has 7 heterocycles. The number of thiazole rings is 1. The first-order valence-electron chi connectivity index (χ1n) is 15.1. The molecule has 0 spiro atoms. The van der Waals surface area contributed by atoms with Gasteiger partial charge in [-0.05, 0) is 12.8 Å². The second-order valence-corrected chi connectivity index (χ2v) is 15.0. The molecule has 4 saturated heterocycles. The number of nitrogens with zero attached hydrogens (tertiary/aromatic N) is 5. The molecule has 0 radical (unpaired) electrons. The number of nitrogens with one attached hydrogen (secondary N) is 2. The molecule has 22 nitrogen and oxygen atoms in total. The third-order valence-electron chi connectivity index (χ3n) is 9.14. The van der Waals surface area contributed by atoms with Crippen LogP contribution in [0.1, 0.15) is 37.8 Å². The summed E-state index contributed by atoms with van der Waals surface area (Å²) in [6.07, 6.45) is 3.04. The van der Waals surface area contributed by atoms with Crippen molar-refractivity contribution in [1.82, 2.24) is 29.3 Å². The Hall–Kier alpha value is -5.46. The summed E-state index contributed by atoms with van der Waals surface area (Å²) >= 11 is 0.934. The number of allylic oxidation sites excluding steroid dienone is 1. The summed E-state index contributed by atoms with van der Waals surface area (Å²) < 4.78 is 32.6. The molecule has 1 aromatic heterocycles. The van der Waals surface area contributed by atoms with E-state index in [1.165, 1.54) is 5.38 Å². The number of piperidine rings is 1. The highest BCUT2D eigenvalue weighted by molar-refractivity contribution is 7.87. The number of fused-ring (bicyclic) bond motifs is 3. The number of aromatic nitrogens is 1. The maximum atomic E-state index is 13.6. The highest BCUT2D eigenvalue weighted by Crippen LogP contribution is 2.41. The number of esters is 1. The van der Waals surface area contributed by atoms with Crippen molar-refractivity contribution in [2.75, 3.05) is 12.3 Å². The number of nitrogens with two attached hydrogens (primary N) is 1. The summed E-state index contributed by atoms with van der Waals surface area (Å²) in [7, 11) is -4.65. The van der Waals surface area contributed by atoms with Crippen molar-refractivity contribution in [2.45, 2.75) is 67.6 Å². The van der Waals surface area contributed by atoms with Gasteiger partial charge in [0.1, 0.15) is 24.4 Å². The number of amides is 2. The molecule has 0 aliphatic carbocycles. The van der Waals surface area contributed by atoms with E-state index in [-0.39, 0.29) is 46.5 Å². The number of oxime groups is 1. The Labute approximate surface area is 290 Å². The fraction of sp³-hybridized carbons (Fsp3) is 0.444. The summed E-state index contributed by atoms with van der Waals surface area (Å²) in [5.41, 5.74) is 0.198. The van der Waals surface area contributed by atoms with Crippen LogP contribution in [0.5, 0.6) is 0 Å². The number of carboxylic acid groups (broad SMARTS) is 2. The van der Waals surface area contributed by atoms with Gasteiger partial charge in [-0.3, -0.25) is 14.4 Å². The maximum absolute atomic E-state index is 13.6. The van der Waals surface area contributed by atoms with E-state index < -0.39 is 93.6 Å². The van der Waals surface area contributed by atoms with Gasteiger partial charge in [-0.2, -0.15) is 13.5 Å². The quantitative estimate of drug-likeness (QED) is 0.0823. The van der Waals surface area contributed by atoms with Crippen LogP contribution in [-0.2, 0) is 48.6 Å². The van der Waals surface area contributed by atoms with Gasteiger partial charge in [-0.15, -0.1) is 11.3 Å². The Balaban J connectivity index is 1.11. The lowest BCUT2D eigenvalue weighted by Gasteiger charge is -2.35. The smallest absolute Gasteiger partial charge is 0.372 e. The molecule has 1 aromatic rings. The standard InChI is InChI=1S/C27H28N8O14S2/c28-25-31-15(10-50-25)19(32-49-26(23(41)42)4-11-1-2-12(5-26)29-11)20(38)30-14-9-47-35(21(14)39)27(24(43)44)6-16(22(40)48-27)34-7-13-3-17(36)18(37)8-33(13)51(34,45)46/h3,7-8,10-12,14,16,29,36-37H,1-2,4-6,9H2,(H2,28,31)(H,30,38)(H,41,42)(H,43,44)/b32-19-/t11?,12?,14-,16?,26?,27?/m0/s1. The second kappa shape index (κ2) is 11.8. The van der Waals surface area contributed by atoms with E-state index in [9.17, 15) is 52.8 Å². The fourth-order valence-corrected chi connectivity index (χ4v) is 8.77. The normalized spacial score (nSPS) is 32.6. The monoisotopic (exact) mass is 752 g/mol. The molecule has 4 fully saturated rings. The van der Waals surface area contributed by atoms with E-state index in [1.807, 2.05) is 0 Å². The predicted octanol–water partition coefficient (Wildman–Crippen LogP) is -1.90. The van der Waals surface area contributed by atoms with Gasteiger partial charge in [-0.25, -0.2) is 28.0 Å². The van der Waals surface area contributed by atoms with Gasteiger partial charge in [0.05, 0.1) is 18.3 Å². The largest absolute Gasteiger partial charge is 0.504 e. The Morgan fingerprint density at radius 2 is 1.80 bits per heavy atom. The van der Waals surface area contributed by atoms with Crippen LogP contribution >= 0.6 is 11.3 Å². The van der Waals surface area contributed by atoms with Crippen molar-refractivity contribution in [3.63, 3.8) is 0 Å². The lowest BCUT2D eigenvalue weighted by atomic mass is 9.87. The van der Waals surface area contributed by atoms with Crippen molar-refractivity contribution >= 4 is 62.1 Å². The molecular weight excluding hydrogens is 724 g/mol. The minimum absolute atomic E-state index is 0.0261. The van der Waals surface area contributed by atoms with Crippen LogP contribution < -0.4 is 16.4 Å². The number of ether oxygens (including phenoxy) is 1. The van der Waals surface area contributed by atoms with E-state index in [4.69, 9.17) is 20.1 Å². The highest BCUT2D eigenvalue weighted by atomic mass is 32.2. The zero-order valence-corrected chi connectivity index (χ0v) is 27.5. The SMILES string of the molecule is Nc1nc(/C(=N/OC2(C(=O)O)CC3CCC(C2)N3)C(=O)N[C@H]2CON(C3(C(=O)O)CC(N4C=C5C=C(O)C(O)=CN5S4(=O)=O)C(=O)O3)C2=O)cs1. The van der Waals surface area contributed by atoms with Crippen molar-refractivity contribution in [1.29, 1.82) is 0 Å². The molecule has 6 aliphatic heterocycles. The molecule has 7 rings (SSSR count). The third-order valence-corrected chi connectivity index (χ3v) is 11.5. The van der Waals surface area contributed by atoms with Crippen molar-refractivity contribution in [3.05, 3.63) is 46.8 Å². The second-order valence-electron chi connectivity index (χ2n) is 12.4. The number of carboxylic acids is 2. The first kappa shape index (κ1) is 34.0. The number of hydrogen-bond acceptors (Lipinski definition) is 17. The molecule has 5 atom stereocenters. The van der Waals surface area contributed by atoms with E-state index in [0.29, 0.717) is 14.8 Å². The molecule has 51 heavy (non-hydrogen) atoms. The van der Waals surface area contributed by atoms with Gasteiger partial charge in [-0.1, -0.05) is 5.16 Å². The number of hydrogen-bond donors (Lipinski definition) is 7. The van der Waals surface area contributed by atoms with Crippen molar-refractivity contribution in [2.24, 2.45) is 5.16 Å². The van der Waals surface area contributed by atoms with Gasteiger partial charge in [0.15, 0.2) is 22.4 Å². The summed E-state index contributed by atoms with van der Waals surface area (Å²) in [6.45, 7) is -0.683. The Kier molecular flexibility index (Phi) is 7.88. The Morgan fingerprint density at radius 3 is 2.43 bits per heavy atom. The number of hydroxylamine groups is 2. The zero-order valence-electron chi connectivity index (χ0n) is 25.9. The average molecular weight is 753 g/mol. The average Bonchev–Trinajstić information content (AvgIpc) is 3.87. The van der Waals surface area contributed by atoms with Crippen LogP contribution in [-0.4, -0.2) is 125 Å². The highest BCUT2D eigenvalue weighted by Gasteiger charge is 2.65. The van der Waals surface area contributed by atoms with Crippen LogP contribution in [0.15, 0.2) is 46.2 Å². The van der Waals surface area contributed by atoms with Gasteiger partial charge in [0, 0.05) is 42.6 Å². The number of anilines is 1. The predicted molar refractivity (Wildman–Crippen MR) is 165 cm³/mol. The number of nitrogen functional groups attached to an aromatic ring is 1. The minimum atomic E-state index is -4.65. The first-order valence-corrected chi connectivity index (χ1v) is 17.4. The van der Waals surface area contributed by atoms with Crippen molar-refractivity contribution < 1.29 is 67.2 Å². The van der Waals surface area contributed by atoms with Crippen LogP contribution in [0.2, 0.25) is 0 Å². The molecule has 6 aliphatic rings. The summed E-state index contributed by atoms with van der Waals surface area (Å²) in [5, 5.41) is 51.0. The zero-order chi connectivity index (χ0) is 36.6. The molecule has 2 bridgehead atoms. The van der Waals surface area contributed by atoms with E-state index in [0.717, 1.165) is 36.5 Å². The molecular formula is C27H28N8O14S2. The Morgan fingerprint density at radius 1 is 1.10 bits per heavy atom. The maximum Gasteiger partial charge on any atom is 0.372 e. The summed E-state index contributed by atoms with van der Waals surface area (Å²) in [6, 6.07) is -3.78. The number of cyclic esters (lactones) is 1. The molecule has 24 heteroatoms. The topological polar surface area (TPSA) is 313 Å². The van der Waals surface area contributed by atoms with E-state index in [1.54, 1.807) is 0 Å².